The molecule has 2 saturated heterocycles. The van der Waals surface area contributed by atoms with Crippen LogP contribution in [-0.4, -0.2) is 711 Å². The minimum Gasteiger partial charge on any atom is -0.444 e. The second kappa shape index (κ2) is 67.5. The van der Waals surface area contributed by atoms with Crippen molar-refractivity contribution in [1.29, 1.82) is 0 Å². The third-order valence-electron chi connectivity index (χ3n) is 26.4. The monoisotopic (exact) mass is 2120 g/mol. The lowest BCUT2D eigenvalue weighted by Gasteiger charge is -2.61. The van der Waals surface area contributed by atoms with Gasteiger partial charge in [-0.05, 0) is 98.9 Å². The van der Waals surface area contributed by atoms with E-state index in [-0.39, 0.29) is 44.5 Å². The fourth-order valence-corrected chi connectivity index (χ4v) is 22.8. The van der Waals surface area contributed by atoms with Crippen LogP contribution in [0.1, 0.15) is 77.4 Å². The molecular weight excluding hydrogens is 2050 g/mol. The van der Waals surface area contributed by atoms with Crippen molar-refractivity contribution in [2.75, 3.05) is 72.8 Å². The van der Waals surface area contributed by atoms with Crippen LogP contribution in [0.3, 0.4) is 0 Å². The largest absolute Gasteiger partial charge is 0.444 e. The summed E-state index contributed by atoms with van der Waals surface area (Å²) in [5, 5.41) is 20.3. The standard InChI is InChI=1S/C21H24IN7O3S.C18H22ClN5O3S.C3H3IN2.2CH4.B81/c1-21(2,3)32-20(31)28-8-6-27(7-9-28)17-4-5-23-11-15(17)25-18(30)16-13-33-19(26-16)29-12-14(22)10-24-29;1-18(2,3)27-17(26)24-8-6-23(7-9-24)14-4-5-20-10-12(14)21-15(25)13-11-28-16(19)22-13;4-3-1-5-6-2-3;;;1-42-63(43(2)3)73(62(40)41)78(72(60(36)37)61(38)39)81(79(74(64(44(4)5)45(6)7)65(46(8)9)47(10)11)75(66(48(12)13)49(14)15)67(50(16)17)51(18)19)80(76(68(52(20)21)53(22)23)69(54(24)25)55(26)27)77(70(56(28)29)57(30)31)71(58(32)33)59(34)35/h4-5,10-13H,6-9H2,1-3H3,(H,25,30);4-5,10-11H,6-9H2,1-3H3,(H,21,25);1-2H,(H,5,6);2*1H4;. The Morgan fingerprint density at radius 2 is 0.640 bits per heavy atom. The first-order chi connectivity index (χ1) is 68.7. The Balaban J connectivity index is 0.000000667. The first kappa shape index (κ1) is 144. The highest BCUT2D eigenvalue weighted by molar-refractivity contribution is 14.1. The summed E-state index contributed by atoms with van der Waals surface area (Å²) in [5.41, 5.74) is 2.40. The minimum absolute atomic E-state index is 0. The SMILES string of the molecule is C.C.CC(C)(C)OC(=O)N1CCN(c2ccncc2NC(=O)c2csc(-n3cc(I)cn3)n2)CC1.CC(C)(C)OC(=O)N1CCN(c2ccncc2NC(=O)c2csc(Cl)n2)CC1.Ic1cn[nH]c1.[B][B]B(B([B])[B])B(B([B])[B])B(B(B([B])[B])B([B])[B])B(B(B(B(B([B])[B])B([B])[B])B(B([B])[B])B([B])[B])B(B(B([B])[B])B([B])[B])B(B([B])[B])B([B])[B])B(B(B(B([B])[B])B([B])[B])B(B([B])[B])B([B])[B])B(B(B([B])[B])B([B])[B])B(B([B])[B])B([B])[B]. The number of thiazole rings is 2. The summed E-state index contributed by atoms with van der Waals surface area (Å²) in [5.74, 6) is -0.661. The lowest BCUT2D eigenvalue weighted by Crippen LogP contribution is -2.99. The number of aromatic nitrogens is 8. The molecule has 8 rings (SSSR count). The molecule has 0 spiro atoms. The Morgan fingerprint density at radius 3 is 0.853 bits per heavy atom. The normalized spacial score (nSPS) is 11.5. The van der Waals surface area contributed by atoms with E-state index >= 15 is 0 Å². The lowest BCUT2D eigenvalue weighted by molar-refractivity contribution is 0.0230. The number of H-pyrrole nitrogens is 1. The molecule has 615 valence electrons. The number of carbonyl (C=O) groups excluding carboxylic acids is 4. The summed E-state index contributed by atoms with van der Waals surface area (Å²) in [6.07, 6.45) is -52.1. The van der Waals surface area contributed by atoms with Gasteiger partial charge in [0, 0.05) is 661 Å². The highest BCUT2D eigenvalue weighted by Gasteiger charge is 2.67. The lowest BCUT2D eigenvalue weighted by atomic mass is 8.20. The Morgan fingerprint density at radius 1 is 0.373 bits per heavy atom. The van der Waals surface area contributed by atoms with E-state index in [4.69, 9.17) is 338 Å². The maximum Gasteiger partial charge on any atom is 0.410 e. The first-order valence-corrected chi connectivity index (χ1v) is 51.7. The molecule has 6 aromatic heterocycles. The quantitative estimate of drug-likeness (QED) is 0.0239. The van der Waals surface area contributed by atoms with Crippen molar-refractivity contribution >= 4 is 700 Å². The van der Waals surface area contributed by atoms with Gasteiger partial charge in [-0.3, -0.25) is 24.7 Å². The molecule has 0 bridgehead atoms. The highest BCUT2D eigenvalue weighted by Crippen LogP contribution is 2.33. The summed E-state index contributed by atoms with van der Waals surface area (Å²) in [6.45, 7) is 15.7. The van der Waals surface area contributed by atoms with E-state index in [2.05, 4.69) is 101 Å². The summed E-state index contributed by atoms with van der Waals surface area (Å²) < 4.78 is 15.0. The Bertz CT molecular complexity index is 4580. The van der Waals surface area contributed by atoms with Gasteiger partial charge in [-0.15, -0.1) is 22.7 Å². The molecule has 0 aliphatic carbocycles. The van der Waals surface area contributed by atoms with Gasteiger partial charge in [-0.1, -0.05) is 26.5 Å². The Labute approximate surface area is 1010 Å². The molecule has 20 nitrogen and oxygen atoms in total. The molecule has 83 radical (unpaired) electrons. The van der Waals surface area contributed by atoms with Crippen molar-refractivity contribution in [1.82, 2.24) is 49.7 Å². The van der Waals surface area contributed by atoms with Gasteiger partial charge in [0.1, 0.15) is 22.6 Å². The summed E-state index contributed by atoms with van der Waals surface area (Å²) in [6, 6.07) is 3.70. The molecule has 0 aromatic carbocycles. The van der Waals surface area contributed by atoms with Gasteiger partial charge in [0.15, 0.2) is 4.47 Å². The Kier molecular flexibility index (Phi) is 64.9. The molecule has 150 heavy (non-hydrogen) atoms. The number of amides is 4. The van der Waals surface area contributed by atoms with Crippen molar-refractivity contribution in [2.45, 2.75) is 67.6 Å². The number of nitrogens with one attached hydrogen (secondary N) is 3. The third-order valence-corrected chi connectivity index (χ3v) is 29.3. The number of pyridine rings is 2. The van der Waals surface area contributed by atoms with Crippen molar-refractivity contribution in [3.05, 3.63) is 95.5 Å². The Hall–Kier alpha value is 0.0697. The van der Waals surface area contributed by atoms with Gasteiger partial charge in [0.2, 0.25) is 5.13 Å². The van der Waals surface area contributed by atoms with Gasteiger partial charge >= 0.3 is 12.2 Å². The van der Waals surface area contributed by atoms with E-state index in [9.17, 15) is 19.2 Å². The van der Waals surface area contributed by atoms with Crippen molar-refractivity contribution in [3.8, 4) is 5.13 Å². The average molecular weight is 2110 g/mol. The fraction of sp³-hybridized carbons (Fsp3) is 0.409. The average Bonchev–Trinajstić information content (AvgIpc) is 0.910. The van der Waals surface area contributed by atoms with E-state index in [1.807, 2.05) is 66.1 Å². The molecule has 8 heterocycles. The van der Waals surface area contributed by atoms with Crippen LogP contribution in [0.15, 0.2) is 72.5 Å². The number of nitrogens with zero attached hydrogens (tertiary/aromatic N) is 11. The third kappa shape index (κ3) is 42.0. The molecule has 0 saturated carbocycles. The van der Waals surface area contributed by atoms with Crippen molar-refractivity contribution in [3.63, 3.8) is 0 Å². The van der Waals surface area contributed by atoms with Crippen LogP contribution in [0.25, 0.3) is 5.13 Å². The van der Waals surface area contributed by atoms with E-state index < -0.39 is 260 Å². The topological polar surface area (TPSA) is 222 Å². The van der Waals surface area contributed by atoms with E-state index in [0.717, 1.165) is 25.6 Å². The predicted molar refractivity (Wildman–Crippen MR) is 754 cm³/mol. The van der Waals surface area contributed by atoms with Crippen LogP contribution in [-0.2, 0) is 9.47 Å². The number of aromatic amines is 1. The number of anilines is 4. The van der Waals surface area contributed by atoms with Crippen molar-refractivity contribution in [2.24, 2.45) is 0 Å². The second-order valence-corrected chi connectivity index (χ2v) is 44.1. The van der Waals surface area contributed by atoms with Crippen LogP contribution in [0, 0.1) is 7.14 Å². The summed E-state index contributed by atoms with van der Waals surface area (Å²) in [4.78, 5) is 74.1. The highest BCUT2D eigenvalue weighted by atomic mass is 127. The number of hydrogen-bond donors (Lipinski definition) is 3. The summed E-state index contributed by atoms with van der Waals surface area (Å²) >= 11 is 12.7. The van der Waals surface area contributed by atoms with E-state index in [1.54, 1.807) is 62.4 Å². The molecule has 3 N–H and O–H groups in total. The predicted octanol–water partition coefficient (Wildman–Crippen LogP) is -21.4. The van der Waals surface area contributed by atoms with Gasteiger partial charge in [-0.25, -0.2) is 24.2 Å². The molecule has 2 aliphatic heterocycles. The van der Waals surface area contributed by atoms with E-state index in [0.29, 0.717) is 79.0 Å². The maximum atomic E-state index is 12.9. The molecule has 2 fully saturated rings. The smallest absolute Gasteiger partial charge is 0.410 e. The minimum atomic E-state index is -1.93. The molecule has 2 aliphatic rings. The number of carbonyl (C=O) groups is 4. The summed E-state index contributed by atoms with van der Waals surface area (Å²) in [7, 11) is 283. The van der Waals surface area contributed by atoms with Gasteiger partial charge in [-0.2, -0.15) is 10.2 Å². The van der Waals surface area contributed by atoms with Crippen molar-refractivity contribution < 1.29 is 28.7 Å². The number of piperazine rings is 2. The van der Waals surface area contributed by atoms with Crippen LogP contribution in [0.2, 0.25) is 4.47 Å². The maximum absolute atomic E-state index is 12.9. The van der Waals surface area contributed by atoms with Gasteiger partial charge < -0.3 is 39.7 Å². The fourth-order valence-electron chi connectivity index (χ4n) is 20.6. The molecule has 6 aromatic rings. The second-order valence-electron chi connectivity index (χ2n) is 39.3. The molecular formula is C44H57B81ClI2N14O6S2. The van der Waals surface area contributed by atoms with Crippen LogP contribution < -0.4 is 20.4 Å². The molecule has 106 heteroatoms. The zero-order chi connectivity index (χ0) is 113. The molecule has 4 amide bonds. The van der Waals surface area contributed by atoms with E-state index in [1.165, 1.54) is 22.7 Å². The van der Waals surface area contributed by atoms with Crippen LogP contribution in [0.4, 0.5) is 32.3 Å². The van der Waals surface area contributed by atoms with Crippen LogP contribution >= 0.6 is 79.5 Å². The zero-order valence-electron chi connectivity index (χ0n) is 84.2. The number of ether oxygens (including phenoxy) is 2. The molecule has 0 unspecified atom stereocenters. The number of hydrogen-bond acceptors (Lipinski definition) is 16. The van der Waals surface area contributed by atoms with Gasteiger partial charge in [0.25, 0.3) is 11.8 Å². The number of halogens is 3. The zero-order valence-corrected chi connectivity index (χ0v) is 90.9. The van der Waals surface area contributed by atoms with Crippen LogP contribution in [0.5, 0.6) is 0 Å². The molecule has 0 atom stereocenters. The van der Waals surface area contributed by atoms with Gasteiger partial charge in [0.05, 0.1) is 54.7 Å². The first-order valence-electron chi connectivity index (χ1n) is 47.4. The number of rotatable bonds is 46.